The molecule has 0 bridgehead atoms. The minimum Gasteiger partial charge on any atom is -0.506 e. The molecule has 0 atom stereocenters. The number of anilines is 4. The molecule has 0 radical (unpaired) electrons. The second-order valence-electron chi connectivity index (χ2n) is 5.30. The fourth-order valence-corrected chi connectivity index (χ4v) is 2.37. The molecule has 5 heteroatoms. The van der Waals surface area contributed by atoms with Crippen LogP contribution in [0.25, 0.3) is 0 Å². The van der Waals surface area contributed by atoms with Crippen LogP contribution in [-0.4, -0.2) is 11.7 Å². The highest BCUT2D eigenvalue weighted by Crippen LogP contribution is 2.39. The Morgan fingerprint density at radius 2 is 1.82 bits per heavy atom. The van der Waals surface area contributed by atoms with Crippen LogP contribution >= 0.6 is 11.6 Å². The zero-order valence-electron chi connectivity index (χ0n) is 12.9. The van der Waals surface area contributed by atoms with Gasteiger partial charge in [0.15, 0.2) is 0 Å². The fourth-order valence-electron chi connectivity index (χ4n) is 2.12. The standard InChI is InChI=1S/C17H22ClN3O/c1-3-4-9-20-12-5-7-13(8-6-12)21-14-10-11(2)17(22)15(18)16(14)19/h5-8,10,20-22H,3-4,9,19H2,1-2H3. The Kier molecular flexibility index (Phi) is 5.39. The summed E-state index contributed by atoms with van der Waals surface area (Å²) in [4.78, 5) is 0. The third-order valence-corrected chi connectivity index (χ3v) is 3.87. The number of nitrogen functional groups attached to an aromatic ring is 1. The molecular formula is C17H22ClN3O. The van der Waals surface area contributed by atoms with Crippen molar-refractivity contribution in [2.45, 2.75) is 26.7 Å². The first-order chi connectivity index (χ1) is 10.5. The van der Waals surface area contributed by atoms with E-state index in [1.54, 1.807) is 13.0 Å². The Morgan fingerprint density at radius 1 is 1.18 bits per heavy atom. The maximum atomic E-state index is 9.77. The molecule has 22 heavy (non-hydrogen) atoms. The smallest absolute Gasteiger partial charge is 0.139 e. The second kappa shape index (κ2) is 7.27. The molecule has 118 valence electrons. The van der Waals surface area contributed by atoms with E-state index in [-0.39, 0.29) is 10.8 Å². The molecule has 0 aliphatic carbocycles. The summed E-state index contributed by atoms with van der Waals surface area (Å²) < 4.78 is 0. The van der Waals surface area contributed by atoms with Crippen LogP contribution in [0, 0.1) is 6.92 Å². The highest BCUT2D eigenvalue weighted by Gasteiger charge is 2.11. The van der Waals surface area contributed by atoms with Crippen LogP contribution in [0.3, 0.4) is 0 Å². The average molecular weight is 320 g/mol. The highest BCUT2D eigenvalue weighted by molar-refractivity contribution is 6.35. The molecule has 0 fully saturated rings. The molecule has 0 aliphatic rings. The number of aromatic hydroxyl groups is 1. The van der Waals surface area contributed by atoms with E-state index in [1.807, 2.05) is 24.3 Å². The van der Waals surface area contributed by atoms with Gasteiger partial charge in [-0.25, -0.2) is 0 Å². The van der Waals surface area contributed by atoms with Gasteiger partial charge in [-0.1, -0.05) is 24.9 Å². The number of nitrogens with one attached hydrogen (secondary N) is 2. The molecule has 0 aliphatic heterocycles. The Morgan fingerprint density at radius 3 is 2.45 bits per heavy atom. The van der Waals surface area contributed by atoms with Crippen LogP contribution in [0.2, 0.25) is 5.02 Å². The number of benzene rings is 2. The number of hydrogen-bond donors (Lipinski definition) is 4. The van der Waals surface area contributed by atoms with Crippen molar-refractivity contribution in [1.82, 2.24) is 0 Å². The number of halogens is 1. The lowest BCUT2D eigenvalue weighted by Gasteiger charge is -2.14. The second-order valence-corrected chi connectivity index (χ2v) is 5.68. The first-order valence-electron chi connectivity index (χ1n) is 7.41. The van der Waals surface area contributed by atoms with Gasteiger partial charge in [-0.3, -0.25) is 0 Å². The number of aryl methyl sites for hydroxylation is 1. The van der Waals surface area contributed by atoms with Gasteiger partial charge in [0.05, 0.1) is 11.4 Å². The molecule has 0 amide bonds. The maximum Gasteiger partial charge on any atom is 0.139 e. The van der Waals surface area contributed by atoms with Crippen LogP contribution < -0.4 is 16.4 Å². The first-order valence-corrected chi connectivity index (χ1v) is 7.79. The summed E-state index contributed by atoms with van der Waals surface area (Å²) in [5, 5.41) is 16.5. The van der Waals surface area contributed by atoms with E-state index >= 15 is 0 Å². The molecule has 0 aromatic heterocycles. The Balaban J connectivity index is 2.11. The van der Waals surface area contributed by atoms with Gasteiger partial charge in [0.2, 0.25) is 0 Å². The molecule has 0 spiro atoms. The zero-order valence-corrected chi connectivity index (χ0v) is 13.7. The monoisotopic (exact) mass is 319 g/mol. The molecule has 0 unspecified atom stereocenters. The lowest BCUT2D eigenvalue weighted by atomic mass is 10.1. The summed E-state index contributed by atoms with van der Waals surface area (Å²) in [6.45, 7) is 4.93. The van der Waals surface area contributed by atoms with Crippen molar-refractivity contribution in [1.29, 1.82) is 0 Å². The summed E-state index contributed by atoms with van der Waals surface area (Å²) >= 11 is 6.03. The Hall–Kier alpha value is -2.07. The number of rotatable bonds is 6. The zero-order chi connectivity index (χ0) is 16.1. The lowest BCUT2D eigenvalue weighted by molar-refractivity contribution is 0.472. The van der Waals surface area contributed by atoms with E-state index in [2.05, 4.69) is 17.6 Å². The van der Waals surface area contributed by atoms with Gasteiger partial charge < -0.3 is 21.5 Å². The van der Waals surface area contributed by atoms with Crippen LogP contribution in [0.1, 0.15) is 25.3 Å². The summed E-state index contributed by atoms with van der Waals surface area (Å²) in [6, 6.07) is 9.77. The van der Waals surface area contributed by atoms with Crippen molar-refractivity contribution in [3.63, 3.8) is 0 Å². The van der Waals surface area contributed by atoms with E-state index < -0.39 is 0 Å². The molecular weight excluding hydrogens is 298 g/mol. The van der Waals surface area contributed by atoms with E-state index in [4.69, 9.17) is 17.3 Å². The van der Waals surface area contributed by atoms with Crippen LogP contribution in [-0.2, 0) is 0 Å². The largest absolute Gasteiger partial charge is 0.506 e. The van der Waals surface area contributed by atoms with Crippen molar-refractivity contribution < 1.29 is 5.11 Å². The van der Waals surface area contributed by atoms with E-state index in [0.717, 1.165) is 24.3 Å². The minimum atomic E-state index is 0.0280. The van der Waals surface area contributed by atoms with Crippen molar-refractivity contribution in [2.75, 3.05) is 22.9 Å². The molecule has 5 N–H and O–H groups in total. The predicted molar refractivity (Wildman–Crippen MR) is 95.4 cm³/mol. The van der Waals surface area contributed by atoms with Crippen molar-refractivity contribution >= 4 is 34.4 Å². The first kappa shape index (κ1) is 16.3. The minimum absolute atomic E-state index is 0.0280. The van der Waals surface area contributed by atoms with Crippen molar-refractivity contribution in [2.24, 2.45) is 0 Å². The Bertz CT molecular complexity index is 641. The molecule has 0 saturated heterocycles. The van der Waals surface area contributed by atoms with E-state index in [9.17, 15) is 5.11 Å². The van der Waals surface area contributed by atoms with Crippen LogP contribution in [0.15, 0.2) is 30.3 Å². The van der Waals surface area contributed by atoms with Crippen LogP contribution in [0.5, 0.6) is 5.75 Å². The summed E-state index contributed by atoms with van der Waals surface area (Å²) in [7, 11) is 0. The molecule has 0 saturated carbocycles. The maximum absolute atomic E-state index is 9.77. The number of hydrogen-bond acceptors (Lipinski definition) is 4. The lowest BCUT2D eigenvalue weighted by Crippen LogP contribution is -2.01. The van der Waals surface area contributed by atoms with Crippen LogP contribution in [0.4, 0.5) is 22.7 Å². The number of phenolic OH excluding ortho intramolecular Hbond substituents is 1. The Labute approximate surface area is 136 Å². The number of phenols is 1. The predicted octanol–water partition coefficient (Wildman–Crippen LogP) is 4.89. The SMILES string of the molecule is CCCCNc1ccc(Nc2cc(C)c(O)c(Cl)c2N)cc1. The normalized spacial score (nSPS) is 10.5. The van der Waals surface area contributed by atoms with E-state index in [1.165, 1.54) is 6.42 Å². The van der Waals surface area contributed by atoms with Gasteiger partial charge in [-0.05, 0) is 49.2 Å². The highest BCUT2D eigenvalue weighted by atomic mass is 35.5. The third-order valence-electron chi connectivity index (χ3n) is 3.49. The molecule has 0 heterocycles. The molecule has 2 aromatic carbocycles. The summed E-state index contributed by atoms with van der Waals surface area (Å²) in [6.07, 6.45) is 2.33. The van der Waals surface area contributed by atoms with Gasteiger partial charge in [0.1, 0.15) is 10.8 Å². The number of nitrogens with two attached hydrogens (primary N) is 1. The topological polar surface area (TPSA) is 70.3 Å². The molecule has 2 aromatic rings. The third kappa shape index (κ3) is 3.77. The van der Waals surface area contributed by atoms with Gasteiger partial charge in [0.25, 0.3) is 0 Å². The molecule has 2 rings (SSSR count). The van der Waals surface area contributed by atoms with Crippen molar-refractivity contribution in [3.8, 4) is 5.75 Å². The van der Waals surface area contributed by atoms with Gasteiger partial charge in [0, 0.05) is 17.9 Å². The molecule has 4 nitrogen and oxygen atoms in total. The van der Waals surface area contributed by atoms with Gasteiger partial charge in [-0.2, -0.15) is 0 Å². The van der Waals surface area contributed by atoms with Gasteiger partial charge >= 0.3 is 0 Å². The van der Waals surface area contributed by atoms with Gasteiger partial charge in [-0.15, -0.1) is 0 Å². The quantitative estimate of drug-likeness (QED) is 0.347. The number of unbranched alkanes of at least 4 members (excludes halogenated alkanes) is 1. The van der Waals surface area contributed by atoms with E-state index in [0.29, 0.717) is 16.9 Å². The average Bonchev–Trinajstić information content (AvgIpc) is 2.52. The van der Waals surface area contributed by atoms with Crippen molar-refractivity contribution in [3.05, 3.63) is 40.9 Å². The summed E-state index contributed by atoms with van der Waals surface area (Å²) in [5.74, 6) is 0.0280. The fraction of sp³-hybridized carbons (Fsp3) is 0.294. The summed E-state index contributed by atoms with van der Waals surface area (Å²) in [5.41, 5.74) is 9.65.